The number of aromatic nitrogens is 3. The largest absolute Gasteiger partial charge is 0.379 e. The molecule has 1 aromatic heterocycles. The van der Waals surface area contributed by atoms with Crippen molar-refractivity contribution in [2.75, 3.05) is 5.32 Å². The van der Waals surface area contributed by atoms with Crippen LogP contribution in [0.2, 0.25) is 5.02 Å². The van der Waals surface area contributed by atoms with Crippen LogP contribution in [0.4, 0.5) is 5.69 Å². The van der Waals surface area contributed by atoms with Gasteiger partial charge in [0, 0.05) is 16.3 Å². The highest BCUT2D eigenvalue weighted by Crippen LogP contribution is 2.23. The van der Waals surface area contributed by atoms with Gasteiger partial charge in [-0.2, -0.15) is 15.4 Å². The molecule has 0 unspecified atom stereocenters. The number of hydrogen-bond acceptors (Lipinski definition) is 3. The van der Waals surface area contributed by atoms with Crippen molar-refractivity contribution in [1.29, 1.82) is 0 Å². The van der Waals surface area contributed by atoms with Gasteiger partial charge in [0.15, 0.2) is 0 Å². The average molecular weight is 299 g/mol. The summed E-state index contributed by atoms with van der Waals surface area (Å²) in [5, 5.41) is 15.2. The van der Waals surface area contributed by atoms with E-state index in [2.05, 4.69) is 20.7 Å². The fourth-order valence-corrected chi connectivity index (χ4v) is 2.34. The summed E-state index contributed by atoms with van der Waals surface area (Å²) in [5.41, 5.74) is 4.93. The minimum atomic E-state index is 0.585. The monoisotopic (exact) mass is 298 g/mol. The molecule has 21 heavy (non-hydrogen) atoms. The molecule has 0 aliphatic rings. The summed E-state index contributed by atoms with van der Waals surface area (Å²) in [5.74, 6) is 0. The average Bonchev–Trinajstić information content (AvgIpc) is 2.97. The fourth-order valence-electron chi connectivity index (χ4n) is 2.17. The van der Waals surface area contributed by atoms with E-state index in [9.17, 15) is 0 Å². The molecule has 0 atom stereocenters. The summed E-state index contributed by atoms with van der Waals surface area (Å²) >= 11 is 6.03. The van der Waals surface area contributed by atoms with E-state index < -0.39 is 0 Å². The number of anilines is 1. The molecule has 0 spiro atoms. The Hall–Kier alpha value is -2.33. The predicted molar refractivity (Wildman–Crippen MR) is 85.3 cm³/mol. The minimum absolute atomic E-state index is 0.585. The Morgan fingerprint density at radius 3 is 2.71 bits per heavy atom. The van der Waals surface area contributed by atoms with Crippen LogP contribution in [-0.2, 0) is 6.54 Å². The molecule has 4 nitrogen and oxygen atoms in total. The standard InChI is InChI=1S/C16H15ClN4/c1-11-7-8-13(17)9-14(11)18-10-15-16(20-21-19-15)12-5-3-2-4-6-12/h2-9,18H,10H2,1H3,(H,19,20,21). The van der Waals surface area contributed by atoms with Gasteiger partial charge < -0.3 is 5.32 Å². The Bertz CT molecular complexity index is 737. The molecule has 0 amide bonds. The Kier molecular flexibility index (Phi) is 3.88. The van der Waals surface area contributed by atoms with Crippen LogP contribution in [0.1, 0.15) is 11.3 Å². The van der Waals surface area contributed by atoms with Gasteiger partial charge in [0.2, 0.25) is 0 Å². The number of hydrogen-bond donors (Lipinski definition) is 2. The maximum absolute atomic E-state index is 6.03. The summed E-state index contributed by atoms with van der Waals surface area (Å²) in [7, 11) is 0. The molecule has 5 heteroatoms. The van der Waals surface area contributed by atoms with Crippen molar-refractivity contribution < 1.29 is 0 Å². The second-order valence-electron chi connectivity index (χ2n) is 4.80. The quantitative estimate of drug-likeness (QED) is 0.764. The number of aryl methyl sites for hydroxylation is 1. The maximum Gasteiger partial charge on any atom is 0.117 e. The molecule has 2 aromatic carbocycles. The van der Waals surface area contributed by atoms with Crippen LogP contribution in [0.25, 0.3) is 11.3 Å². The molecule has 0 saturated carbocycles. The van der Waals surface area contributed by atoms with E-state index in [1.165, 1.54) is 0 Å². The molecule has 1 heterocycles. The van der Waals surface area contributed by atoms with E-state index in [1.807, 2.05) is 55.5 Å². The molecule has 3 rings (SSSR count). The van der Waals surface area contributed by atoms with Crippen molar-refractivity contribution in [1.82, 2.24) is 15.4 Å². The first kappa shape index (κ1) is 13.6. The third-order valence-electron chi connectivity index (χ3n) is 3.31. The van der Waals surface area contributed by atoms with Gasteiger partial charge in [-0.05, 0) is 24.6 Å². The van der Waals surface area contributed by atoms with E-state index in [-0.39, 0.29) is 0 Å². The van der Waals surface area contributed by atoms with Crippen molar-refractivity contribution >= 4 is 17.3 Å². The first-order valence-corrected chi connectivity index (χ1v) is 7.07. The highest BCUT2D eigenvalue weighted by Gasteiger charge is 2.10. The first-order valence-electron chi connectivity index (χ1n) is 6.69. The van der Waals surface area contributed by atoms with Gasteiger partial charge in [-0.25, -0.2) is 0 Å². The number of H-pyrrole nitrogens is 1. The zero-order valence-corrected chi connectivity index (χ0v) is 12.4. The fraction of sp³-hybridized carbons (Fsp3) is 0.125. The smallest absolute Gasteiger partial charge is 0.117 e. The molecule has 0 aliphatic carbocycles. The van der Waals surface area contributed by atoms with Gasteiger partial charge in [0.25, 0.3) is 0 Å². The lowest BCUT2D eigenvalue weighted by molar-refractivity contribution is 0.911. The Morgan fingerprint density at radius 1 is 1.10 bits per heavy atom. The summed E-state index contributed by atoms with van der Waals surface area (Å²) in [6.07, 6.45) is 0. The summed E-state index contributed by atoms with van der Waals surface area (Å²) in [6.45, 7) is 2.63. The molecular weight excluding hydrogens is 284 g/mol. The SMILES string of the molecule is Cc1ccc(Cl)cc1NCc1n[nH]nc1-c1ccccc1. The zero-order chi connectivity index (χ0) is 14.7. The van der Waals surface area contributed by atoms with Gasteiger partial charge in [-0.1, -0.05) is 48.0 Å². The van der Waals surface area contributed by atoms with E-state index in [0.717, 1.165) is 28.2 Å². The minimum Gasteiger partial charge on any atom is -0.379 e. The molecule has 2 N–H and O–H groups in total. The topological polar surface area (TPSA) is 53.6 Å². The Labute approximate surface area is 128 Å². The van der Waals surface area contributed by atoms with Crippen LogP contribution in [0.3, 0.4) is 0 Å². The second kappa shape index (κ2) is 5.97. The number of halogens is 1. The van der Waals surface area contributed by atoms with Crippen LogP contribution >= 0.6 is 11.6 Å². The number of nitrogens with zero attached hydrogens (tertiary/aromatic N) is 2. The molecule has 0 saturated heterocycles. The van der Waals surface area contributed by atoms with Crippen molar-refractivity contribution in [2.45, 2.75) is 13.5 Å². The van der Waals surface area contributed by atoms with Gasteiger partial charge in [0.05, 0.1) is 6.54 Å². The highest BCUT2D eigenvalue weighted by molar-refractivity contribution is 6.30. The lowest BCUT2D eigenvalue weighted by Gasteiger charge is -2.09. The van der Waals surface area contributed by atoms with Crippen LogP contribution in [0.15, 0.2) is 48.5 Å². The van der Waals surface area contributed by atoms with Gasteiger partial charge in [0.1, 0.15) is 11.4 Å². The molecule has 0 fully saturated rings. The number of benzene rings is 2. The highest BCUT2D eigenvalue weighted by atomic mass is 35.5. The molecular formula is C16H15ClN4. The second-order valence-corrected chi connectivity index (χ2v) is 5.23. The third-order valence-corrected chi connectivity index (χ3v) is 3.55. The van der Waals surface area contributed by atoms with Crippen molar-refractivity contribution in [3.05, 3.63) is 64.8 Å². The first-order chi connectivity index (χ1) is 10.2. The summed E-state index contributed by atoms with van der Waals surface area (Å²) in [4.78, 5) is 0. The predicted octanol–water partition coefficient (Wildman–Crippen LogP) is 4.05. The Morgan fingerprint density at radius 2 is 1.90 bits per heavy atom. The van der Waals surface area contributed by atoms with E-state index in [1.54, 1.807) is 0 Å². The maximum atomic E-state index is 6.03. The lowest BCUT2D eigenvalue weighted by Crippen LogP contribution is -2.03. The molecule has 3 aromatic rings. The van der Waals surface area contributed by atoms with Gasteiger partial charge in [-0.15, -0.1) is 0 Å². The number of nitrogens with one attached hydrogen (secondary N) is 2. The van der Waals surface area contributed by atoms with E-state index >= 15 is 0 Å². The zero-order valence-electron chi connectivity index (χ0n) is 11.6. The molecule has 0 aliphatic heterocycles. The van der Waals surface area contributed by atoms with Crippen molar-refractivity contribution in [2.24, 2.45) is 0 Å². The van der Waals surface area contributed by atoms with Crippen molar-refractivity contribution in [3.8, 4) is 11.3 Å². The molecule has 0 radical (unpaired) electrons. The van der Waals surface area contributed by atoms with Gasteiger partial charge in [-0.3, -0.25) is 0 Å². The molecule has 0 bridgehead atoms. The normalized spacial score (nSPS) is 10.6. The van der Waals surface area contributed by atoms with Crippen LogP contribution in [-0.4, -0.2) is 15.4 Å². The number of aromatic amines is 1. The third kappa shape index (κ3) is 3.06. The van der Waals surface area contributed by atoms with Gasteiger partial charge >= 0.3 is 0 Å². The van der Waals surface area contributed by atoms with E-state index in [0.29, 0.717) is 11.6 Å². The number of rotatable bonds is 4. The Balaban J connectivity index is 1.81. The van der Waals surface area contributed by atoms with Crippen molar-refractivity contribution in [3.63, 3.8) is 0 Å². The summed E-state index contributed by atoms with van der Waals surface area (Å²) < 4.78 is 0. The summed E-state index contributed by atoms with van der Waals surface area (Å²) in [6, 6.07) is 15.8. The van der Waals surface area contributed by atoms with Crippen LogP contribution in [0.5, 0.6) is 0 Å². The molecule has 106 valence electrons. The van der Waals surface area contributed by atoms with Crippen LogP contribution in [0, 0.1) is 6.92 Å². The lowest BCUT2D eigenvalue weighted by atomic mass is 10.1. The van der Waals surface area contributed by atoms with Crippen LogP contribution < -0.4 is 5.32 Å². The van der Waals surface area contributed by atoms with E-state index in [4.69, 9.17) is 11.6 Å².